The number of nitrogens with zero attached hydrogens (tertiary/aromatic N) is 1. The van der Waals surface area contributed by atoms with Crippen LogP contribution < -0.4 is 9.44 Å². The highest BCUT2D eigenvalue weighted by molar-refractivity contribution is 7.87. The Kier molecular flexibility index (Phi) is 5.75. The van der Waals surface area contributed by atoms with Crippen molar-refractivity contribution in [3.8, 4) is 0 Å². The lowest BCUT2D eigenvalue weighted by atomic mass is 10.0. The molecular weight excluding hydrogens is 286 g/mol. The molecule has 21 heavy (non-hydrogen) atoms. The molecule has 1 aliphatic rings. The second-order valence-electron chi connectivity index (χ2n) is 5.47. The number of aryl methyl sites for hydroxylation is 1. The topological polar surface area (TPSA) is 61.4 Å². The molecule has 5 nitrogen and oxygen atoms in total. The van der Waals surface area contributed by atoms with Crippen molar-refractivity contribution in [1.82, 2.24) is 14.3 Å². The summed E-state index contributed by atoms with van der Waals surface area (Å²) in [6, 6.07) is 8.31. The number of benzene rings is 1. The maximum absolute atomic E-state index is 11.8. The normalized spacial score (nSPS) is 18.0. The molecule has 1 aromatic carbocycles. The van der Waals surface area contributed by atoms with Crippen LogP contribution in [0.5, 0.6) is 0 Å². The van der Waals surface area contributed by atoms with E-state index in [2.05, 4.69) is 33.4 Å². The van der Waals surface area contributed by atoms with E-state index < -0.39 is 10.2 Å². The van der Waals surface area contributed by atoms with Gasteiger partial charge in [-0.05, 0) is 44.0 Å². The highest BCUT2D eigenvalue weighted by Crippen LogP contribution is 2.26. The largest absolute Gasteiger partial charge is 0.295 e. The minimum absolute atomic E-state index is 0.0992. The summed E-state index contributed by atoms with van der Waals surface area (Å²) in [5.74, 6) is 0. The van der Waals surface area contributed by atoms with Crippen LogP contribution in [-0.4, -0.2) is 39.5 Å². The maximum Gasteiger partial charge on any atom is 0.276 e. The molecule has 1 aliphatic heterocycles. The number of hydrogen-bond donors (Lipinski definition) is 2. The minimum Gasteiger partial charge on any atom is -0.295 e. The number of likely N-dealkylation sites (tertiary alicyclic amines) is 1. The van der Waals surface area contributed by atoms with Crippen LogP contribution in [0.15, 0.2) is 24.3 Å². The lowest BCUT2D eigenvalue weighted by Gasteiger charge is -2.29. The van der Waals surface area contributed by atoms with Gasteiger partial charge in [0, 0.05) is 19.1 Å². The third-order valence-corrected chi connectivity index (χ3v) is 5.15. The molecule has 0 aromatic heterocycles. The van der Waals surface area contributed by atoms with Crippen molar-refractivity contribution in [1.29, 1.82) is 0 Å². The summed E-state index contributed by atoms with van der Waals surface area (Å²) in [5, 5.41) is 0. The molecule has 1 unspecified atom stereocenters. The summed E-state index contributed by atoms with van der Waals surface area (Å²) in [5.41, 5.74) is 2.41. The van der Waals surface area contributed by atoms with Gasteiger partial charge in [-0.3, -0.25) is 4.90 Å². The molecule has 1 heterocycles. The van der Waals surface area contributed by atoms with Gasteiger partial charge >= 0.3 is 0 Å². The molecule has 0 aliphatic carbocycles. The highest BCUT2D eigenvalue weighted by atomic mass is 32.2. The van der Waals surface area contributed by atoms with E-state index in [1.54, 1.807) is 6.92 Å². The number of rotatable bonds is 7. The first-order valence-corrected chi connectivity index (χ1v) is 9.05. The van der Waals surface area contributed by atoms with Crippen molar-refractivity contribution in [2.24, 2.45) is 0 Å². The van der Waals surface area contributed by atoms with Crippen LogP contribution in [0.2, 0.25) is 0 Å². The number of hydrogen-bond acceptors (Lipinski definition) is 3. The second kappa shape index (κ2) is 7.35. The lowest BCUT2D eigenvalue weighted by molar-refractivity contribution is 0.245. The van der Waals surface area contributed by atoms with Gasteiger partial charge in [0.1, 0.15) is 0 Å². The first-order chi connectivity index (χ1) is 10.0. The van der Waals surface area contributed by atoms with Crippen molar-refractivity contribution in [3.05, 3.63) is 35.4 Å². The van der Waals surface area contributed by atoms with Crippen LogP contribution in [-0.2, 0) is 10.2 Å². The summed E-state index contributed by atoms with van der Waals surface area (Å²) in [4.78, 5) is 2.37. The molecule has 2 N–H and O–H groups in total. The monoisotopic (exact) mass is 311 g/mol. The van der Waals surface area contributed by atoms with E-state index in [1.807, 2.05) is 12.1 Å². The Hall–Kier alpha value is -0.950. The lowest BCUT2D eigenvalue weighted by Crippen LogP contribution is -2.42. The van der Waals surface area contributed by atoms with Gasteiger partial charge in [0.25, 0.3) is 10.2 Å². The van der Waals surface area contributed by atoms with Crippen LogP contribution >= 0.6 is 0 Å². The molecule has 0 saturated carbocycles. The molecule has 0 bridgehead atoms. The summed E-state index contributed by atoms with van der Waals surface area (Å²) >= 11 is 0. The first kappa shape index (κ1) is 16.4. The Labute approximate surface area is 127 Å². The zero-order valence-electron chi connectivity index (χ0n) is 12.8. The zero-order valence-corrected chi connectivity index (χ0v) is 13.6. The Morgan fingerprint density at radius 1 is 1.19 bits per heavy atom. The molecular formula is C15H25N3O2S. The third kappa shape index (κ3) is 4.51. The SMILES string of the molecule is CCNS(=O)(=O)NCC(c1ccccc1C)N1CCCC1. The van der Waals surface area contributed by atoms with Gasteiger partial charge in [0.05, 0.1) is 0 Å². The maximum atomic E-state index is 11.8. The van der Waals surface area contributed by atoms with E-state index in [9.17, 15) is 8.42 Å². The van der Waals surface area contributed by atoms with Crippen LogP contribution in [0.3, 0.4) is 0 Å². The van der Waals surface area contributed by atoms with Gasteiger partial charge in [0.15, 0.2) is 0 Å². The van der Waals surface area contributed by atoms with Crippen molar-refractivity contribution in [2.75, 3.05) is 26.2 Å². The molecule has 1 atom stereocenters. The smallest absolute Gasteiger partial charge is 0.276 e. The third-order valence-electron chi connectivity index (χ3n) is 3.93. The average Bonchev–Trinajstić information content (AvgIpc) is 2.95. The number of nitrogens with one attached hydrogen (secondary N) is 2. The fourth-order valence-electron chi connectivity index (χ4n) is 2.88. The first-order valence-electron chi connectivity index (χ1n) is 7.57. The minimum atomic E-state index is -3.40. The molecule has 0 amide bonds. The molecule has 0 radical (unpaired) electrons. The molecule has 1 saturated heterocycles. The van der Waals surface area contributed by atoms with E-state index in [4.69, 9.17) is 0 Å². The van der Waals surface area contributed by atoms with Gasteiger partial charge < -0.3 is 0 Å². The molecule has 118 valence electrons. The standard InChI is InChI=1S/C15H25N3O2S/c1-3-16-21(19,20)17-12-15(18-10-6-7-11-18)14-9-5-4-8-13(14)2/h4-5,8-9,15-17H,3,6-7,10-12H2,1-2H3. The van der Waals surface area contributed by atoms with E-state index in [1.165, 1.54) is 24.0 Å². The van der Waals surface area contributed by atoms with Crippen molar-refractivity contribution < 1.29 is 8.42 Å². The van der Waals surface area contributed by atoms with E-state index in [0.717, 1.165) is 13.1 Å². The highest BCUT2D eigenvalue weighted by Gasteiger charge is 2.25. The second-order valence-corrected chi connectivity index (χ2v) is 7.05. The quantitative estimate of drug-likeness (QED) is 0.803. The van der Waals surface area contributed by atoms with Crippen LogP contribution in [0.4, 0.5) is 0 Å². The van der Waals surface area contributed by atoms with Gasteiger partial charge in [-0.1, -0.05) is 31.2 Å². The van der Waals surface area contributed by atoms with E-state index in [0.29, 0.717) is 13.1 Å². The zero-order chi connectivity index (χ0) is 15.3. The van der Waals surface area contributed by atoms with Crippen LogP contribution in [0, 0.1) is 6.92 Å². The summed E-state index contributed by atoms with van der Waals surface area (Å²) in [6.45, 7) is 6.72. The fourth-order valence-corrected chi connectivity index (χ4v) is 3.74. The molecule has 2 rings (SSSR count). The Morgan fingerprint density at radius 2 is 1.86 bits per heavy atom. The fraction of sp³-hybridized carbons (Fsp3) is 0.600. The summed E-state index contributed by atoms with van der Waals surface area (Å²) < 4.78 is 28.8. The van der Waals surface area contributed by atoms with Gasteiger partial charge in [0.2, 0.25) is 0 Å². The predicted molar refractivity (Wildman–Crippen MR) is 85.3 cm³/mol. The Bertz CT molecular complexity index is 554. The molecule has 0 spiro atoms. The predicted octanol–water partition coefficient (Wildman–Crippen LogP) is 1.58. The van der Waals surface area contributed by atoms with Crippen molar-refractivity contribution in [2.45, 2.75) is 32.7 Å². The van der Waals surface area contributed by atoms with Crippen molar-refractivity contribution >= 4 is 10.2 Å². The van der Waals surface area contributed by atoms with E-state index in [-0.39, 0.29) is 6.04 Å². The summed E-state index contributed by atoms with van der Waals surface area (Å²) in [7, 11) is -3.40. The Balaban J connectivity index is 2.15. The molecule has 6 heteroatoms. The molecule has 1 aromatic rings. The van der Waals surface area contributed by atoms with Gasteiger partial charge in [-0.15, -0.1) is 0 Å². The molecule has 1 fully saturated rings. The Morgan fingerprint density at radius 3 is 2.48 bits per heavy atom. The van der Waals surface area contributed by atoms with E-state index >= 15 is 0 Å². The van der Waals surface area contributed by atoms with Crippen LogP contribution in [0.1, 0.15) is 36.9 Å². The van der Waals surface area contributed by atoms with Crippen molar-refractivity contribution in [3.63, 3.8) is 0 Å². The summed E-state index contributed by atoms with van der Waals surface area (Å²) in [6.07, 6.45) is 2.37. The van der Waals surface area contributed by atoms with Gasteiger partial charge in [-0.25, -0.2) is 9.44 Å². The van der Waals surface area contributed by atoms with Crippen LogP contribution in [0.25, 0.3) is 0 Å². The average molecular weight is 311 g/mol. The van der Waals surface area contributed by atoms with Gasteiger partial charge in [-0.2, -0.15) is 8.42 Å².